The molecule has 38 heavy (non-hydrogen) atoms. The lowest BCUT2D eigenvalue weighted by Crippen LogP contribution is -2.46. The second-order valence-electron chi connectivity index (χ2n) is 9.95. The molecule has 1 fully saturated rings. The van der Waals surface area contributed by atoms with Crippen LogP contribution in [0, 0.1) is 0 Å². The van der Waals surface area contributed by atoms with Crippen molar-refractivity contribution in [3.8, 4) is 5.75 Å². The van der Waals surface area contributed by atoms with Gasteiger partial charge in [-0.2, -0.15) is 0 Å². The Morgan fingerprint density at radius 2 is 1.82 bits per heavy atom. The number of nitrogens with one attached hydrogen (secondary N) is 3. The van der Waals surface area contributed by atoms with E-state index in [0.717, 1.165) is 36.3 Å². The Morgan fingerprint density at radius 3 is 2.42 bits per heavy atom. The number of amides is 3. The van der Waals surface area contributed by atoms with Gasteiger partial charge in [-0.3, -0.25) is 14.4 Å². The van der Waals surface area contributed by atoms with Crippen LogP contribution in [0.4, 0.5) is 10.5 Å². The number of ether oxygens (including phenoxy) is 2. The Labute approximate surface area is 232 Å². The summed E-state index contributed by atoms with van der Waals surface area (Å²) >= 11 is 3.62. The van der Waals surface area contributed by atoms with Gasteiger partial charge in [-0.15, -0.1) is 23.5 Å². The SMILES string of the molecule is COc1ccc(C2(CCCCC(=O)O)SCCCS2)c(NC(=O)C(C)NC(=O)CNC(=O)OC(C)(C)C)c1. The lowest BCUT2D eigenvalue weighted by molar-refractivity contribution is -0.137. The fourth-order valence-electron chi connectivity index (χ4n) is 3.79. The molecular weight excluding hydrogens is 530 g/mol. The summed E-state index contributed by atoms with van der Waals surface area (Å²) < 4.78 is 10.2. The zero-order valence-electron chi connectivity index (χ0n) is 22.7. The number of carboxylic acid groups (broad SMARTS) is 1. The summed E-state index contributed by atoms with van der Waals surface area (Å²) in [5, 5.41) is 16.9. The number of unbranched alkanes of at least 4 members (excludes halogenated alkanes) is 1. The first-order valence-electron chi connectivity index (χ1n) is 12.6. The standard InChI is InChI=1S/C26H39N3O7S2/c1-17(28-21(30)16-27-24(34)36-25(2,3)4)23(33)29-20-15-18(35-5)10-11-19(20)26(37-13-8-14-38-26)12-7-6-9-22(31)32/h10-11,15,17H,6-9,12-14,16H2,1-5H3,(H,27,34)(H,28,30)(H,29,33)(H,31,32). The second-order valence-corrected chi connectivity index (χ2v) is 13.0. The molecule has 10 nitrogen and oxygen atoms in total. The molecule has 1 heterocycles. The summed E-state index contributed by atoms with van der Waals surface area (Å²) in [7, 11) is 1.55. The number of alkyl carbamates (subject to hydrolysis) is 1. The summed E-state index contributed by atoms with van der Waals surface area (Å²) in [5.74, 6) is 0.742. The van der Waals surface area contributed by atoms with Gasteiger partial charge in [-0.25, -0.2) is 4.79 Å². The number of hydrogen-bond donors (Lipinski definition) is 4. The van der Waals surface area contributed by atoms with Gasteiger partial charge in [0.1, 0.15) is 23.9 Å². The van der Waals surface area contributed by atoms with Crippen LogP contribution in [0.2, 0.25) is 0 Å². The van der Waals surface area contributed by atoms with Crippen LogP contribution in [0.1, 0.15) is 65.4 Å². The molecule has 3 amide bonds. The Kier molecular flexibility index (Phi) is 12.1. The largest absolute Gasteiger partial charge is 0.497 e. The molecule has 0 bridgehead atoms. The van der Waals surface area contributed by atoms with Crippen LogP contribution in [0.25, 0.3) is 0 Å². The molecule has 0 saturated carbocycles. The first-order valence-corrected chi connectivity index (χ1v) is 14.6. The molecule has 1 saturated heterocycles. The number of carboxylic acids is 1. The Hall–Kier alpha value is -2.60. The highest BCUT2D eigenvalue weighted by molar-refractivity contribution is 8.18. The molecule has 1 aromatic carbocycles. The van der Waals surface area contributed by atoms with Gasteiger partial charge >= 0.3 is 12.1 Å². The summed E-state index contributed by atoms with van der Waals surface area (Å²) in [4.78, 5) is 48.2. The number of benzene rings is 1. The minimum atomic E-state index is -0.875. The van der Waals surface area contributed by atoms with Crippen LogP contribution in [-0.4, -0.2) is 65.8 Å². The number of carbonyl (C=O) groups excluding carboxylic acids is 3. The highest BCUT2D eigenvalue weighted by Crippen LogP contribution is 2.55. The molecule has 212 valence electrons. The molecular formula is C26H39N3O7S2. The predicted octanol–water partition coefficient (Wildman–Crippen LogP) is 4.33. The van der Waals surface area contributed by atoms with Crippen molar-refractivity contribution < 1.29 is 33.8 Å². The normalized spacial score (nSPS) is 15.6. The van der Waals surface area contributed by atoms with E-state index in [-0.39, 0.29) is 17.0 Å². The molecule has 1 atom stereocenters. The van der Waals surface area contributed by atoms with E-state index in [2.05, 4.69) is 16.0 Å². The topological polar surface area (TPSA) is 143 Å². The maximum atomic E-state index is 13.1. The fraction of sp³-hybridized carbons (Fsp3) is 0.615. The minimum absolute atomic E-state index is 0.123. The summed E-state index contributed by atoms with van der Waals surface area (Å²) in [6.45, 7) is 6.39. The van der Waals surface area contributed by atoms with Crippen LogP contribution < -0.4 is 20.7 Å². The second kappa shape index (κ2) is 14.5. The van der Waals surface area contributed by atoms with Gasteiger partial charge in [-0.1, -0.05) is 12.5 Å². The van der Waals surface area contributed by atoms with Gasteiger partial charge in [0.05, 0.1) is 11.2 Å². The van der Waals surface area contributed by atoms with E-state index in [9.17, 15) is 19.2 Å². The number of methoxy groups -OCH3 is 1. The van der Waals surface area contributed by atoms with Gasteiger partial charge in [-0.05, 0) is 64.5 Å². The van der Waals surface area contributed by atoms with Gasteiger partial charge in [0.25, 0.3) is 0 Å². The van der Waals surface area contributed by atoms with E-state index >= 15 is 0 Å². The highest BCUT2D eigenvalue weighted by atomic mass is 32.2. The number of hydrogen-bond acceptors (Lipinski definition) is 8. The van der Waals surface area contributed by atoms with Crippen LogP contribution in [0.15, 0.2) is 18.2 Å². The van der Waals surface area contributed by atoms with E-state index in [4.69, 9.17) is 14.6 Å². The molecule has 1 aliphatic heterocycles. The first kappa shape index (κ1) is 31.6. The zero-order valence-corrected chi connectivity index (χ0v) is 24.3. The Morgan fingerprint density at radius 1 is 1.13 bits per heavy atom. The molecule has 12 heteroatoms. The van der Waals surface area contributed by atoms with Gasteiger partial charge < -0.3 is 30.5 Å². The number of aliphatic carboxylic acids is 1. The quantitative estimate of drug-likeness (QED) is 0.270. The fourth-order valence-corrected chi connectivity index (χ4v) is 7.29. The van der Waals surface area contributed by atoms with Crippen LogP contribution in [-0.2, 0) is 23.2 Å². The molecule has 0 spiro atoms. The maximum absolute atomic E-state index is 13.1. The Bertz CT molecular complexity index is 992. The van der Waals surface area contributed by atoms with E-state index < -0.39 is 35.5 Å². The van der Waals surface area contributed by atoms with Crippen LogP contribution >= 0.6 is 23.5 Å². The third kappa shape index (κ3) is 10.3. The van der Waals surface area contributed by atoms with Crippen molar-refractivity contribution >= 4 is 53.1 Å². The van der Waals surface area contributed by atoms with Gasteiger partial charge in [0.2, 0.25) is 11.8 Å². The van der Waals surface area contributed by atoms with Gasteiger partial charge in [0.15, 0.2) is 0 Å². The molecule has 2 rings (SSSR count). The smallest absolute Gasteiger partial charge is 0.408 e. The molecule has 1 aliphatic rings. The average molecular weight is 570 g/mol. The summed E-state index contributed by atoms with van der Waals surface area (Å²) in [5.41, 5.74) is 0.828. The molecule has 0 radical (unpaired) electrons. The van der Waals surface area contributed by atoms with Crippen molar-refractivity contribution in [3.05, 3.63) is 23.8 Å². The van der Waals surface area contributed by atoms with E-state index in [1.807, 2.05) is 35.7 Å². The molecule has 4 N–H and O–H groups in total. The van der Waals surface area contributed by atoms with Crippen molar-refractivity contribution in [1.29, 1.82) is 0 Å². The molecule has 1 unspecified atom stereocenters. The van der Waals surface area contributed by atoms with E-state index in [1.165, 1.54) is 0 Å². The predicted molar refractivity (Wildman–Crippen MR) is 151 cm³/mol. The van der Waals surface area contributed by atoms with E-state index in [1.54, 1.807) is 40.9 Å². The molecule has 0 aliphatic carbocycles. The lowest BCUT2D eigenvalue weighted by atomic mass is 10.0. The summed E-state index contributed by atoms with van der Waals surface area (Å²) in [6.07, 6.45) is 2.55. The van der Waals surface area contributed by atoms with Crippen molar-refractivity contribution in [1.82, 2.24) is 10.6 Å². The van der Waals surface area contributed by atoms with Crippen LogP contribution in [0.3, 0.4) is 0 Å². The van der Waals surface area contributed by atoms with Crippen molar-refractivity contribution in [2.75, 3.05) is 30.5 Å². The van der Waals surface area contributed by atoms with E-state index in [0.29, 0.717) is 17.9 Å². The number of thioether (sulfide) groups is 2. The maximum Gasteiger partial charge on any atom is 0.408 e. The monoisotopic (exact) mass is 569 g/mol. The first-order chi connectivity index (χ1) is 17.8. The van der Waals surface area contributed by atoms with Crippen molar-refractivity contribution in [2.24, 2.45) is 0 Å². The van der Waals surface area contributed by atoms with Gasteiger partial charge in [0, 0.05) is 23.7 Å². The zero-order chi connectivity index (χ0) is 28.3. The number of anilines is 1. The third-order valence-corrected chi connectivity index (χ3v) is 9.04. The third-order valence-electron chi connectivity index (χ3n) is 5.56. The molecule has 0 aromatic heterocycles. The average Bonchev–Trinajstić information content (AvgIpc) is 2.84. The minimum Gasteiger partial charge on any atom is -0.497 e. The van der Waals surface area contributed by atoms with Crippen molar-refractivity contribution in [2.45, 2.75) is 75.5 Å². The number of carbonyl (C=O) groups is 4. The lowest BCUT2D eigenvalue weighted by Gasteiger charge is -2.38. The van der Waals surface area contributed by atoms with Crippen LogP contribution in [0.5, 0.6) is 5.75 Å². The highest BCUT2D eigenvalue weighted by Gasteiger charge is 2.37. The van der Waals surface area contributed by atoms with Crippen molar-refractivity contribution in [3.63, 3.8) is 0 Å². The number of rotatable bonds is 12. The summed E-state index contributed by atoms with van der Waals surface area (Å²) in [6, 6.07) is 4.69. The Balaban J connectivity index is 2.13. The molecule has 1 aromatic rings.